The van der Waals surface area contributed by atoms with E-state index in [1.807, 2.05) is 132 Å². The van der Waals surface area contributed by atoms with Crippen LogP contribution in [0.1, 0.15) is 105 Å². The maximum atomic E-state index is 14.2. The first kappa shape index (κ1) is 56.6. The number of nitrogens with zero attached hydrogens (tertiary/aromatic N) is 3. The Kier molecular flexibility index (Phi) is 16.8. The Morgan fingerprint density at radius 1 is 0.738 bits per heavy atom. The average Bonchev–Trinajstić information content (AvgIpc) is 3.55. The van der Waals surface area contributed by atoms with Crippen molar-refractivity contribution in [3.05, 3.63) is 206 Å². The summed E-state index contributed by atoms with van der Waals surface area (Å²) in [6.45, 7) is 20.0. The molecule has 1 saturated heterocycles. The maximum absolute atomic E-state index is 14.2. The molecule has 5 N–H and O–H groups in total. The number of fused-ring (bicyclic) bond motifs is 2. The van der Waals surface area contributed by atoms with Gasteiger partial charge in [0, 0.05) is 84.2 Å². The van der Waals surface area contributed by atoms with Gasteiger partial charge >= 0.3 is 0 Å². The van der Waals surface area contributed by atoms with Crippen LogP contribution in [0.15, 0.2) is 151 Å². The number of carbonyl (C=O) groups is 3. The van der Waals surface area contributed by atoms with Gasteiger partial charge in [0.2, 0.25) is 5.56 Å². The fraction of sp³-hybridized carbons (Fsp3) is 0.308. The largest absolute Gasteiger partial charge is 0.497 e. The number of aromatic amines is 1. The molecule has 0 radical (unpaired) electrons. The summed E-state index contributed by atoms with van der Waals surface area (Å²) in [5.74, 6) is 0.506. The van der Waals surface area contributed by atoms with Gasteiger partial charge in [-0.05, 0) is 140 Å². The number of H-pyrrole nitrogens is 1. The minimum atomic E-state index is -2.32. The van der Waals surface area contributed by atoms with Gasteiger partial charge in [0.05, 0.1) is 35.5 Å². The van der Waals surface area contributed by atoms with E-state index in [0.29, 0.717) is 86.0 Å². The molecule has 1 fully saturated rings. The number of methoxy groups -OCH3 is 1. The first-order chi connectivity index (χ1) is 38.1. The monoisotopic (exact) mass is 1090 g/mol. The number of nitrogens with one attached hydrogen (secondary N) is 3. The summed E-state index contributed by atoms with van der Waals surface area (Å²) in [6.07, 6.45) is 2.32. The SMILES string of the molecule is COc1cccc(Nc2c(C(N)=O)cnc3c(C)cc(Cc4cccc(C(=O)N5CCN(C(=O)c6cccc(CC(C)(C)NC[C@H](O[Si](C)(C)C(C)(C)C)c7ccc(OCc8ccccc8)c8[nH]c(=O)ccc78)c6)CC5)c4)cc23)c1. The molecule has 6 aromatic carbocycles. The molecule has 1 aliphatic rings. The predicted octanol–water partition coefficient (Wildman–Crippen LogP) is 11.7. The van der Waals surface area contributed by atoms with Gasteiger partial charge in [0.15, 0.2) is 8.32 Å². The van der Waals surface area contributed by atoms with Crippen molar-refractivity contribution in [2.24, 2.45) is 5.73 Å². The van der Waals surface area contributed by atoms with E-state index in [2.05, 4.69) is 86.5 Å². The van der Waals surface area contributed by atoms with Crippen LogP contribution < -0.4 is 31.4 Å². The van der Waals surface area contributed by atoms with Gasteiger partial charge in [-0.2, -0.15) is 0 Å². The molecule has 3 amide bonds. The van der Waals surface area contributed by atoms with Gasteiger partial charge in [-0.25, -0.2) is 0 Å². The van der Waals surface area contributed by atoms with Crippen LogP contribution in [-0.4, -0.2) is 91.2 Å². The Labute approximate surface area is 469 Å². The molecule has 9 rings (SSSR count). The van der Waals surface area contributed by atoms with E-state index in [9.17, 15) is 19.2 Å². The number of carbonyl (C=O) groups excluding carboxylic acids is 3. The maximum Gasteiger partial charge on any atom is 0.253 e. The third-order valence-corrected chi connectivity index (χ3v) is 20.1. The van der Waals surface area contributed by atoms with Crippen LogP contribution in [0.2, 0.25) is 18.1 Å². The Morgan fingerprint density at radius 2 is 1.39 bits per heavy atom. The number of rotatable bonds is 19. The van der Waals surface area contributed by atoms with Gasteiger partial charge in [-0.1, -0.05) is 93.6 Å². The van der Waals surface area contributed by atoms with E-state index in [1.165, 1.54) is 6.20 Å². The first-order valence-corrected chi connectivity index (χ1v) is 30.2. The highest BCUT2D eigenvalue weighted by atomic mass is 28.4. The summed E-state index contributed by atoms with van der Waals surface area (Å²) in [5, 5.41) is 8.79. The van der Waals surface area contributed by atoms with Crippen LogP contribution in [-0.2, 0) is 23.9 Å². The zero-order chi connectivity index (χ0) is 56.9. The Morgan fingerprint density at radius 3 is 2.05 bits per heavy atom. The number of anilines is 2. The van der Waals surface area contributed by atoms with Crippen LogP contribution >= 0.6 is 0 Å². The lowest BCUT2D eigenvalue weighted by Gasteiger charge is -2.40. The Hall–Kier alpha value is -8.11. The molecule has 3 heterocycles. The number of hydrogen-bond acceptors (Lipinski definition) is 10. The van der Waals surface area contributed by atoms with Crippen LogP contribution in [0, 0.1) is 6.92 Å². The Balaban J connectivity index is 0.846. The summed E-state index contributed by atoms with van der Waals surface area (Å²) < 4.78 is 19.0. The van der Waals surface area contributed by atoms with Gasteiger partial charge < -0.3 is 45.1 Å². The number of aromatic nitrogens is 2. The molecule has 0 saturated carbocycles. The summed E-state index contributed by atoms with van der Waals surface area (Å²) in [6, 6.07) is 44.4. The zero-order valence-electron chi connectivity index (χ0n) is 47.4. The molecule has 0 unspecified atom stereocenters. The van der Waals surface area contributed by atoms with Crippen LogP contribution in [0.5, 0.6) is 11.5 Å². The number of aryl methyl sites for hydroxylation is 1. The molecule has 414 valence electrons. The van der Waals surface area contributed by atoms with Gasteiger partial charge in [0.25, 0.3) is 17.7 Å². The molecule has 0 aliphatic carbocycles. The van der Waals surface area contributed by atoms with Crippen molar-refractivity contribution in [3.8, 4) is 11.5 Å². The quantitative estimate of drug-likeness (QED) is 0.0569. The minimum absolute atomic E-state index is 0.0600. The summed E-state index contributed by atoms with van der Waals surface area (Å²) in [5.41, 5.74) is 15.2. The van der Waals surface area contributed by atoms with Crippen molar-refractivity contribution in [2.45, 2.75) is 90.8 Å². The van der Waals surface area contributed by atoms with E-state index >= 15 is 0 Å². The van der Waals surface area contributed by atoms with Crippen LogP contribution in [0.4, 0.5) is 11.4 Å². The van der Waals surface area contributed by atoms with Gasteiger partial charge in [0.1, 0.15) is 18.1 Å². The van der Waals surface area contributed by atoms with Crippen molar-refractivity contribution in [1.82, 2.24) is 25.1 Å². The number of amides is 3. The molecule has 8 aromatic rings. The molecule has 2 aromatic heterocycles. The average molecular weight is 1090 g/mol. The molecule has 0 bridgehead atoms. The van der Waals surface area contributed by atoms with Crippen molar-refractivity contribution in [2.75, 3.05) is 45.2 Å². The number of nitrogens with two attached hydrogens (primary N) is 1. The minimum Gasteiger partial charge on any atom is -0.497 e. The van der Waals surface area contributed by atoms with E-state index in [4.69, 9.17) is 19.6 Å². The summed E-state index contributed by atoms with van der Waals surface area (Å²) in [7, 11) is -0.720. The fourth-order valence-corrected chi connectivity index (χ4v) is 11.5. The standard InChI is InChI=1S/C65H73N7O7Si/c1-42-32-46(36-53-58(42)67-39-54(61(66)74)59(53)69-49-22-15-23-50(37-49)77-7)33-44-18-13-20-47(34-44)62(75)71-28-30-72(31-29-71)63(76)48-21-14-19-45(35-48)38-65(5,6)68-40-56(79-80(8,9)64(2,3)4)51-24-26-55(60-52(51)25-27-57(73)70-60)78-41-43-16-11-10-12-17-43/h10-27,32,34-37,39,56,68H,28-31,33,38,40-41H2,1-9H3,(H2,66,74)(H,67,69)(H,70,73)/t56-/m0/s1. The number of benzene rings is 6. The molecule has 80 heavy (non-hydrogen) atoms. The van der Waals surface area contributed by atoms with Crippen molar-refractivity contribution >= 4 is 59.2 Å². The molecule has 1 aliphatic heterocycles. The van der Waals surface area contributed by atoms with E-state index in [-0.39, 0.29) is 34.1 Å². The second-order valence-electron chi connectivity index (χ2n) is 23.1. The molecule has 15 heteroatoms. The molecular weight excluding hydrogens is 1020 g/mol. The fourth-order valence-electron chi connectivity index (χ4n) is 10.2. The van der Waals surface area contributed by atoms with Crippen molar-refractivity contribution in [3.63, 3.8) is 0 Å². The van der Waals surface area contributed by atoms with Crippen LogP contribution in [0.3, 0.4) is 0 Å². The first-order valence-electron chi connectivity index (χ1n) is 27.3. The van der Waals surface area contributed by atoms with E-state index < -0.39 is 19.8 Å². The van der Waals surface area contributed by atoms with Gasteiger partial charge in [-0.15, -0.1) is 0 Å². The number of hydrogen-bond donors (Lipinski definition) is 4. The zero-order valence-corrected chi connectivity index (χ0v) is 48.4. The van der Waals surface area contributed by atoms with Gasteiger partial charge in [-0.3, -0.25) is 24.2 Å². The molecular formula is C65H73N7O7Si. The highest BCUT2D eigenvalue weighted by molar-refractivity contribution is 6.74. The number of piperazine rings is 1. The van der Waals surface area contributed by atoms with Crippen LogP contribution in [0.25, 0.3) is 21.8 Å². The second-order valence-corrected chi connectivity index (χ2v) is 27.8. The lowest BCUT2D eigenvalue weighted by molar-refractivity contribution is 0.0535. The molecule has 0 spiro atoms. The topological polar surface area (TPSA) is 181 Å². The molecule has 1 atom stereocenters. The highest BCUT2D eigenvalue weighted by Gasteiger charge is 2.40. The van der Waals surface area contributed by atoms with Crippen molar-refractivity contribution in [1.29, 1.82) is 0 Å². The smallest absolute Gasteiger partial charge is 0.253 e. The second kappa shape index (κ2) is 23.7. The summed E-state index contributed by atoms with van der Waals surface area (Å²) >= 11 is 0. The summed E-state index contributed by atoms with van der Waals surface area (Å²) in [4.78, 5) is 65.0. The van der Waals surface area contributed by atoms with E-state index in [0.717, 1.165) is 55.4 Å². The molecule has 14 nitrogen and oxygen atoms in total. The van der Waals surface area contributed by atoms with Crippen molar-refractivity contribution < 1.29 is 28.3 Å². The lowest BCUT2D eigenvalue weighted by Crippen LogP contribution is -2.50. The lowest BCUT2D eigenvalue weighted by atomic mass is 9.93. The van der Waals surface area contributed by atoms with E-state index in [1.54, 1.807) is 13.2 Å². The Bertz CT molecular complexity index is 3640. The third-order valence-electron chi connectivity index (χ3n) is 15.6. The third kappa shape index (κ3) is 13.1. The highest BCUT2D eigenvalue weighted by Crippen LogP contribution is 2.42. The predicted molar refractivity (Wildman–Crippen MR) is 321 cm³/mol. The number of ether oxygens (including phenoxy) is 2. The normalized spacial score (nSPS) is 13.6. The number of pyridine rings is 2. The number of primary amides is 1.